The van der Waals surface area contributed by atoms with Crippen LogP contribution >= 0.6 is 0 Å². The number of hydrogen-bond acceptors (Lipinski definition) is 5. The maximum Gasteiger partial charge on any atom is 0.251 e. The molecule has 0 saturated carbocycles. The number of sulfonamides is 2. The molecule has 1 fully saturated rings. The predicted octanol–water partition coefficient (Wildman–Crippen LogP) is 0.212. The number of benzene rings is 1. The molecule has 0 aliphatic carbocycles. The van der Waals surface area contributed by atoms with Gasteiger partial charge in [0.15, 0.2) is 0 Å². The highest BCUT2D eigenvalue weighted by molar-refractivity contribution is 7.92. The zero-order valence-corrected chi connectivity index (χ0v) is 15.2. The number of anilines is 1. The second-order valence-corrected chi connectivity index (χ2v) is 9.60. The Labute approximate surface area is 142 Å². The van der Waals surface area contributed by atoms with Crippen LogP contribution in [0, 0.1) is 0 Å². The molecule has 0 atom stereocenters. The van der Waals surface area contributed by atoms with E-state index in [1.165, 1.54) is 16.6 Å². The Balaban J connectivity index is 1.97. The molecule has 1 amide bonds. The third-order valence-electron chi connectivity index (χ3n) is 3.69. The predicted molar refractivity (Wildman–Crippen MR) is 91.8 cm³/mol. The largest absolute Gasteiger partial charge is 0.349 e. The second kappa shape index (κ2) is 7.08. The molecular weight excluding hydrogens is 354 g/mol. The highest BCUT2D eigenvalue weighted by atomic mass is 32.2. The van der Waals surface area contributed by atoms with E-state index in [1.807, 2.05) is 0 Å². The smallest absolute Gasteiger partial charge is 0.251 e. The lowest BCUT2D eigenvalue weighted by Gasteiger charge is -2.30. The lowest BCUT2D eigenvalue weighted by Crippen LogP contribution is -2.46. The summed E-state index contributed by atoms with van der Waals surface area (Å²) in [5, 5.41) is 2.86. The first-order valence-corrected chi connectivity index (χ1v) is 11.1. The van der Waals surface area contributed by atoms with Crippen LogP contribution < -0.4 is 10.0 Å². The average molecular weight is 375 g/mol. The first kappa shape index (κ1) is 18.7. The quantitative estimate of drug-likeness (QED) is 0.764. The van der Waals surface area contributed by atoms with Crippen molar-refractivity contribution in [1.82, 2.24) is 9.62 Å². The average Bonchev–Trinajstić information content (AvgIpc) is 2.45. The molecule has 2 rings (SSSR count). The summed E-state index contributed by atoms with van der Waals surface area (Å²) in [6.45, 7) is 0.749. The van der Waals surface area contributed by atoms with Crippen LogP contribution in [0.1, 0.15) is 23.2 Å². The Hall–Kier alpha value is -1.65. The maximum atomic E-state index is 12.3. The zero-order valence-electron chi connectivity index (χ0n) is 13.5. The molecule has 134 valence electrons. The minimum atomic E-state index is -3.41. The molecule has 1 aliphatic rings. The van der Waals surface area contributed by atoms with E-state index in [9.17, 15) is 21.6 Å². The van der Waals surface area contributed by atoms with Gasteiger partial charge >= 0.3 is 0 Å². The standard InChI is InChI=1S/C14H21N3O5S2/c1-23(19,20)16-13-5-3-4-11(10-13)14(18)15-12-6-8-17(9-7-12)24(2,21)22/h3-5,10,12,16H,6-9H2,1-2H3,(H,15,18). The van der Waals surface area contributed by atoms with Crippen molar-refractivity contribution in [2.75, 3.05) is 30.3 Å². The van der Waals surface area contributed by atoms with Gasteiger partial charge in [0.05, 0.1) is 12.5 Å². The Bertz CT molecular complexity index is 813. The number of nitrogens with one attached hydrogen (secondary N) is 2. The molecule has 1 saturated heterocycles. The van der Waals surface area contributed by atoms with Crippen molar-refractivity contribution < 1.29 is 21.6 Å². The summed E-state index contributed by atoms with van der Waals surface area (Å²) < 4.78 is 49.1. The molecule has 1 aromatic carbocycles. The summed E-state index contributed by atoms with van der Waals surface area (Å²) in [6, 6.07) is 6.09. The van der Waals surface area contributed by atoms with E-state index < -0.39 is 20.0 Å². The molecule has 8 nitrogen and oxygen atoms in total. The van der Waals surface area contributed by atoms with E-state index in [-0.39, 0.29) is 11.9 Å². The van der Waals surface area contributed by atoms with E-state index in [0.29, 0.717) is 37.2 Å². The van der Waals surface area contributed by atoms with Gasteiger partial charge in [0.2, 0.25) is 20.0 Å². The van der Waals surface area contributed by atoms with Crippen molar-refractivity contribution >= 4 is 31.6 Å². The summed E-state index contributed by atoms with van der Waals surface area (Å²) in [6.07, 6.45) is 3.29. The third-order valence-corrected chi connectivity index (χ3v) is 5.60. The van der Waals surface area contributed by atoms with Crippen LogP contribution in [0.2, 0.25) is 0 Å². The molecule has 10 heteroatoms. The fourth-order valence-electron chi connectivity index (χ4n) is 2.54. The zero-order chi connectivity index (χ0) is 18.0. The molecule has 1 aliphatic heterocycles. The van der Waals surface area contributed by atoms with Crippen LogP contribution in [-0.2, 0) is 20.0 Å². The van der Waals surface area contributed by atoms with Gasteiger partial charge in [-0.1, -0.05) is 6.07 Å². The van der Waals surface area contributed by atoms with Crippen LogP contribution in [0.15, 0.2) is 24.3 Å². The number of carbonyl (C=O) groups is 1. The van der Waals surface area contributed by atoms with E-state index in [4.69, 9.17) is 0 Å². The fraction of sp³-hybridized carbons (Fsp3) is 0.500. The molecule has 2 N–H and O–H groups in total. The molecular formula is C14H21N3O5S2. The van der Waals surface area contributed by atoms with Crippen molar-refractivity contribution in [1.29, 1.82) is 0 Å². The van der Waals surface area contributed by atoms with Crippen LogP contribution in [-0.4, -0.2) is 58.7 Å². The van der Waals surface area contributed by atoms with Gasteiger partial charge in [-0.05, 0) is 31.0 Å². The van der Waals surface area contributed by atoms with Crippen molar-refractivity contribution in [2.24, 2.45) is 0 Å². The maximum absolute atomic E-state index is 12.3. The summed E-state index contributed by atoms with van der Waals surface area (Å²) >= 11 is 0. The SMILES string of the molecule is CS(=O)(=O)Nc1cccc(C(=O)NC2CCN(S(C)(=O)=O)CC2)c1. The Morgan fingerprint density at radius 3 is 2.29 bits per heavy atom. The van der Waals surface area contributed by atoms with Crippen molar-refractivity contribution in [3.63, 3.8) is 0 Å². The van der Waals surface area contributed by atoms with Crippen LogP contribution in [0.3, 0.4) is 0 Å². The normalized spacial score (nSPS) is 17.4. The number of nitrogens with zero attached hydrogens (tertiary/aromatic N) is 1. The van der Waals surface area contributed by atoms with Crippen LogP contribution in [0.25, 0.3) is 0 Å². The number of carbonyl (C=O) groups excluding carboxylic acids is 1. The summed E-state index contributed by atoms with van der Waals surface area (Å²) in [5.41, 5.74) is 0.659. The number of rotatable bonds is 5. The van der Waals surface area contributed by atoms with Crippen LogP contribution in [0.4, 0.5) is 5.69 Å². The molecule has 0 aromatic heterocycles. The highest BCUT2D eigenvalue weighted by Crippen LogP contribution is 2.15. The monoisotopic (exact) mass is 375 g/mol. The van der Waals surface area contributed by atoms with Gasteiger partial charge in [0.1, 0.15) is 0 Å². The number of piperidine rings is 1. The number of hydrogen-bond donors (Lipinski definition) is 2. The molecule has 1 heterocycles. The van der Waals surface area contributed by atoms with Gasteiger partial charge in [-0.3, -0.25) is 9.52 Å². The van der Waals surface area contributed by atoms with E-state index in [0.717, 1.165) is 6.26 Å². The van der Waals surface area contributed by atoms with Gasteiger partial charge in [0, 0.05) is 30.4 Å². The topological polar surface area (TPSA) is 113 Å². The summed E-state index contributed by atoms with van der Waals surface area (Å²) in [4.78, 5) is 12.3. The molecule has 0 unspecified atom stereocenters. The lowest BCUT2D eigenvalue weighted by molar-refractivity contribution is 0.0924. The highest BCUT2D eigenvalue weighted by Gasteiger charge is 2.26. The van der Waals surface area contributed by atoms with Crippen molar-refractivity contribution in [2.45, 2.75) is 18.9 Å². The molecule has 0 radical (unpaired) electrons. The third kappa shape index (κ3) is 5.46. The summed E-state index contributed by atoms with van der Waals surface area (Å²) in [5.74, 6) is -0.315. The Morgan fingerprint density at radius 1 is 1.12 bits per heavy atom. The molecule has 0 bridgehead atoms. The van der Waals surface area contributed by atoms with Crippen LogP contribution in [0.5, 0.6) is 0 Å². The molecule has 0 spiro atoms. The van der Waals surface area contributed by atoms with E-state index in [1.54, 1.807) is 18.2 Å². The molecule has 24 heavy (non-hydrogen) atoms. The van der Waals surface area contributed by atoms with Gasteiger partial charge in [-0.25, -0.2) is 21.1 Å². The lowest BCUT2D eigenvalue weighted by atomic mass is 10.1. The first-order valence-electron chi connectivity index (χ1n) is 7.38. The van der Waals surface area contributed by atoms with E-state index in [2.05, 4.69) is 10.0 Å². The van der Waals surface area contributed by atoms with Gasteiger partial charge in [-0.2, -0.15) is 0 Å². The Morgan fingerprint density at radius 2 is 1.75 bits per heavy atom. The van der Waals surface area contributed by atoms with Crippen molar-refractivity contribution in [3.8, 4) is 0 Å². The fourth-order valence-corrected chi connectivity index (χ4v) is 3.97. The summed E-state index contributed by atoms with van der Waals surface area (Å²) in [7, 11) is -6.61. The van der Waals surface area contributed by atoms with Crippen molar-refractivity contribution in [3.05, 3.63) is 29.8 Å². The van der Waals surface area contributed by atoms with E-state index >= 15 is 0 Å². The Kier molecular flexibility index (Phi) is 5.51. The first-order chi connectivity index (χ1) is 11.0. The second-order valence-electron chi connectivity index (χ2n) is 5.86. The van der Waals surface area contributed by atoms with Gasteiger partial charge in [-0.15, -0.1) is 0 Å². The van der Waals surface area contributed by atoms with Gasteiger partial charge < -0.3 is 5.32 Å². The minimum Gasteiger partial charge on any atom is -0.349 e. The number of amides is 1. The minimum absolute atomic E-state index is 0.109. The molecule has 1 aromatic rings. The van der Waals surface area contributed by atoms with Gasteiger partial charge in [0.25, 0.3) is 5.91 Å².